The summed E-state index contributed by atoms with van der Waals surface area (Å²) >= 11 is 0. The minimum absolute atomic E-state index is 0.0141. The topological polar surface area (TPSA) is 64.3 Å². The molecule has 2 fully saturated rings. The van der Waals surface area contributed by atoms with Crippen molar-refractivity contribution in [3.8, 4) is 0 Å². The number of ether oxygens (including phenoxy) is 1. The van der Waals surface area contributed by atoms with E-state index in [2.05, 4.69) is 19.2 Å². The first-order chi connectivity index (χ1) is 9.49. The molecule has 0 spiro atoms. The van der Waals surface area contributed by atoms with Crippen molar-refractivity contribution in [2.24, 2.45) is 23.0 Å². The maximum Gasteiger partial charge on any atom is 0.226 e. The summed E-state index contributed by atoms with van der Waals surface area (Å²) in [6.07, 6.45) is 6.25. The second kappa shape index (κ2) is 6.44. The first-order valence-corrected chi connectivity index (χ1v) is 8.12. The normalized spacial score (nSPS) is 36.8. The lowest BCUT2D eigenvalue weighted by molar-refractivity contribution is -0.127. The van der Waals surface area contributed by atoms with Gasteiger partial charge < -0.3 is 15.8 Å². The van der Waals surface area contributed by atoms with Crippen molar-refractivity contribution in [3.63, 3.8) is 0 Å². The minimum atomic E-state index is -0.0246. The van der Waals surface area contributed by atoms with E-state index >= 15 is 0 Å². The van der Waals surface area contributed by atoms with Crippen molar-refractivity contribution in [2.45, 2.75) is 65.1 Å². The zero-order valence-electron chi connectivity index (χ0n) is 13.2. The summed E-state index contributed by atoms with van der Waals surface area (Å²) in [6, 6.07) is 0. The lowest BCUT2D eigenvalue weighted by Gasteiger charge is -2.36. The molecule has 0 radical (unpaired) electrons. The molecule has 1 heterocycles. The molecule has 2 aliphatic rings. The van der Waals surface area contributed by atoms with Gasteiger partial charge in [0.15, 0.2) is 0 Å². The Balaban J connectivity index is 1.91. The second-order valence-electron chi connectivity index (χ2n) is 6.91. The molecule has 1 amide bonds. The number of hydrogen-bond donors (Lipinski definition) is 2. The summed E-state index contributed by atoms with van der Waals surface area (Å²) in [5.41, 5.74) is 6.11. The van der Waals surface area contributed by atoms with E-state index in [4.69, 9.17) is 10.5 Å². The zero-order valence-corrected chi connectivity index (χ0v) is 13.2. The van der Waals surface area contributed by atoms with Gasteiger partial charge in [0.2, 0.25) is 5.91 Å². The first kappa shape index (κ1) is 15.8. The molecular weight excluding hydrogens is 252 g/mol. The molecule has 0 aromatic heterocycles. The van der Waals surface area contributed by atoms with Gasteiger partial charge in [-0.2, -0.15) is 0 Å². The van der Waals surface area contributed by atoms with Crippen LogP contribution in [0.4, 0.5) is 0 Å². The number of carbonyl (C=O) groups is 1. The van der Waals surface area contributed by atoms with Crippen LogP contribution in [-0.4, -0.2) is 31.2 Å². The van der Waals surface area contributed by atoms with Crippen LogP contribution in [0, 0.1) is 17.3 Å². The van der Waals surface area contributed by atoms with Gasteiger partial charge in [-0.05, 0) is 44.6 Å². The molecule has 0 aromatic rings. The maximum absolute atomic E-state index is 12.5. The monoisotopic (exact) mass is 282 g/mol. The van der Waals surface area contributed by atoms with Crippen LogP contribution in [0.5, 0.6) is 0 Å². The molecule has 2 rings (SSSR count). The predicted molar refractivity (Wildman–Crippen MR) is 80.2 cm³/mol. The Bertz CT molecular complexity index is 339. The molecule has 0 bridgehead atoms. The maximum atomic E-state index is 12.5. The minimum Gasteiger partial charge on any atom is -0.374 e. The Morgan fingerprint density at radius 2 is 1.85 bits per heavy atom. The van der Waals surface area contributed by atoms with Gasteiger partial charge in [-0.15, -0.1) is 0 Å². The molecule has 4 nitrogen and oxygen atoms in total. The fourth-order valence-electron chi connectivity index (χ4n) is 3.87. The number of rotatable bonds is 4. The van der Waals surface area contributed by atoms with E-state index in [-0.39, 0.29) is 35.4 Å². The molecule has 1 saturated carbocycles. The van der Waals surface area contributed by atoms with Crippen LogP contribution < -0.4 is 11.1 Å². The van der Waals surface area contributed by atoms with Gasteiger partial charge in [-0.3, -0.25) is 4.79 Å². The van der Waals surface area contributed by atoms with Crippen LogP contribution in [0.15, 0.2) is 0 Å². The molecule has 1 saturated heterocycles. The van der Waals surface area contributed by atoms with Crippen LogP contribution in [0.3, 0.4) is 0 Å². The molecular formula is C16H30N2O2. The molecule has 1 aliphatic carbocycles. The van der Waals surface area contributed by atoms with Crippen LogP contribution in [0.1, 0.15) is 52.9 Å². The van der Waals surface area contributed by atoms with Crippen LogP contribution in [-0.2, 0) is 9.53 Å². The highest BCUT2D eigenvalue weighted by atomic mass is 16.5. The van der Waals surface area contributed by atoms with E-state index in [0.717, 1.165) is 19.4 Å². The third kappa shape index (κ3) is 3.17. The van der Waals surface area contributed by atoms with Gasteiger partial charge in [0.1, 0.15) is 0 Å². The third-order valence-electron chi connectivity index (χ3n) is 5.53. The Morgan fingerprint density at radius 1 is 1.20 bits per heavy atom. The number of amides is 1. The van der Waals surface area contributed by atoms with Gasteiger partial charge in [-0.25, -0.2) is 0 Å². The first-order valence-electron chi connectivity index (χ1n) is 8.12. The van der Waals surface area contributed by atoms with E-state index in [1.54, 1.807) is 0 Å². The zero-order chi connectivity index (χ0) is 14.8. The van der Waals surface area contributed by atoms with E-state index in [1.165, 1.54) is 19.3 Å². The van der Waals surface area contributed by atoms with E-state index < -0.39 is 0 Å². The SMILES string of the molecule is CC1OC(C)C(C(=O)NCC2(CN)CCCCC2)C1C. The van der Waals surface area contributed by atoms with Gasteiger partial charge in [-0.1, -0.05) is 26.2 Å². The van der Waals surface area contributed by atoms with Gasteiger partial charge in [0.25, 0.3) is 0 Å². The third-order valence-corrected chi connectivity index (χ3v) is 5.53. The lowest BCUT2D eigenvalue weighted by Crippen LogP contribution is -2.46. The van der Waals surface area contributed by atoms with Crippen LogP contribution in [0.2, 0.25) is 0 Å². The van der Waals surface area contributed by atoms with Crippen LogP contribution in [0.25, 0.3) is 0 Å². The largest absolute Gasteiger partial charge is 0.374 e. The van der Waals surface area contributed by atoms with Crippen molar-refractivity contribution < 1.29 is 9.53 Å². The van der Waals surface area contributed by atoms with E-state index in [0.29, 0.717) is 6.54 Å². The van der Waals surface area contributed by atoms with Gasteiger partial charge in [0, 0.05) is 6.54 Å². The van der Waals surface area contributed by atoms with Crippen LogP contribution >= 0.6 is 0 Å². The predicted octanol–water partition coefficient (Wildman–Crippen LogP) is 2.07. The Morgan fingerprint density at radius 3 is 2.35 bits per heavy atom. The van der Waals surface area contributed by atoms with Crippen molar-refractivity contribution in [3.05, 3.63) is 0 Å². The summed E-state index contributed by atoms with van der Waals surface area (Å²) in [4.78, 5) is 12.5. The fourth-order valence-corrected chi connectivity index (χ4v) is 3.87. The van der Waals surface area contributed by atoms with Gasteiger partial charge >= 0.3 is 0 Å². The number of nitrogens with one attached hydrogen (secondary N) is 1. The van der Waals surface area contributed by atoms with Crippen molar-refractivity contribution in [1.29, 1.82) is 0 Å². The summed E-state index contributed by atoms with van der Waals surface area (Å²) in [5, 5.41) is 3.17. The second-order valence-corrected chi connectivity index (χ2v) is 6.91. The molecule has 20 heavy (non-hydrogen) atoms. The van der Waals surface area contributed by atoms with Crippen molar-refractivity contribution in [2.75, 3.05) is 13.1 Å². The average molecular weight is 282 g/mol. The molecule has 1 aliphatic heterocycles. The molecule has 116 valence electrons. The smallest absolute Gasteiger partial charge is 0.226 e. The summed E-state index contributed by atoms with van der Waals surface area (Å²) in [7, 11) is 0. The Kier molecular flexibility index (Phi) is 5.08. The quantitative estimate of drug-likeness (QED) is 0.829. The molecule has 0 aromatic carbocycles. The highest BCUT2D eigenvalue weighted by Crippen LogP contribution is 2.36. The number of hydrogen-bond acceptors (Lipinski definition) is 3. The lowest BCUT2D eigenvalue weighted by atomic mass is 9.74. The number of carbonyl (C=O) groups excluding carboxylic acids is 1. The highest BCUT2D eigenvalue weighted by Gasteiger charge is 2.42. The highest BCUT2D eigenvalue weighted by molar-refractivity contribution is 5.80. The average Bonchev–Trinajstić information content (AvgIpc) is 2.71. The van der Waals surface area contributed by atoms with E-state index in [9.17, 15) is 4.79 Å². The number of nitrogens with two attached hydrogens (primary N) is 1. The van der Waals surface area contributed by atoms with Crippen molar-refractivity contribution >= 4 is 5.91 Å². The Hall–Kier alpha value is -0.610. The van der Waals surface area contributed by atoms with Gasteiger partial charge in [0.05, 0.1) is 18.1 Å². The molecule has 4 unspecified atom stereocenters. The molecule has 4 atom stereocenters. The summed E-state index contributed by atoms with van der Waals surface area (Å²) in [5.74, 6) is 0.404. The van der Waals surface area contributed by atoms with E-state index in [1.807, 2.05) is 6.92 Å². The summed E-state index contributed by atoms with van der Waals surface area (Å²) in [6.45, 7) is 7.57. The Labute approximate surface area is 122 Å². The fraction of sp³-hybridized carbons (Fsp3) is 0.938. The van der Waals surface area contributed by atoms with Crippen molar-refractivity contribution in [1.82, 2.24) is 5.32 Å². The summed E-state index contributed by atoms with van der Waals surface area (Å²) < 4.78 is 5.76. The molecule has 4 heteroatoms. The molecule has 3 N–H and O–H groups in total. The standard InChI is InChI=1S/C16H30N2O2/c1-11-12(2)20-13(3)14(11)15(19)18-10-16(9-17)7-5-4-6-8-16/h11-14H,4-10,17H2,1-3H3,(H,18,19).